The van der Waals surface area contributed by atoms with Gasteiger partial charge in [0.1, 0.15) is 0 Å². The van der Waals surface area contributed by atoms with Gasteiger partial charge in [-0.05, 0) is 35.2 Å². The van der Waals surface area contributed by atoms with E-state index in [-0.39, 0.29) is 0 Å². The maximum Gasteiger partial charge on any atom is 0.00739 e. The minimum atomic E-state index is 0.538. The van der Waals surface area contributed by atoms with Crippen LogP contribution in [-0.4, -0.2) is 0 Å². The molecule has 66 valence electrons. The van der Waals surface area contributed by atoms with E-state index in [0.717, 1.165) is 0 Å². The minimum Gasteiger partial charge on any atom is -0.152 e. The molecule has 0 aromatic carbocycles. The van der Waals surface area contributed by atoms with Crippen LogP contribution in [0.25, 0.3) is 0 Å². The summed E-state index contributed by atoms with van der Waals surface area (Å²) in [7, 11) is 0. The molecule has 0 bridgehead atoms. The van der Waals surface area contributed by atoms with Crippen LogP contribution in [0.3, 0.4) is 0 Å². The highest BCUT2D eigenvalue weighted by molar-refractivity contribution is 7.08. The van der Waals surface area contributed by atoms with Gasteiger partial charge in [0.25, 0.3) is 0 Å². The number of thiophene rings is 1. The third-order valence-corrected chi connectivity index (χ3v) is 2.80. The molecule has 1 aromatic heterocycles. The van der Waals surface area contributed by atoms with Gasteiger partial charge in [-0.3, -0.25) is 0 Å². The summed E-state index contributed by atoms with van der Waals surface area (Å²) >= 11 is 1.76. The zero-order chi connectivity index (χ0) is 9.14. The summed E-state index contributed by atoms with van der Waals surface area (Å²) in [6, 6.07) is 2.20. The van der Waals surface area contributed by atoms with Gasteiger partial charge in [-0.2, -0.15) is 11.3 Å². The molecule has 1 aromatic rings. The molecular weight excluding hydrogens is 164 g/mol. The van der Waals surface area contributed by atoms with Crippen LogP contribution in [0.5, 0.6) is 0 Å². The van der Waals surface area contributed by atoms with Crippen molar-refractivity contribution < 1.29 is 0 Å². The topological polar surface area (TPSA) is 0 Å². The molecule has 0 spiro atoms. The standard InChI is InChI=1S/C11H16S/c1-8(2)11(9(3)4)10-5-6-12-7-10/h5-7,9,11H,1H2,2-4H3. The zero-order valence-electron chi connectivity index (χ0n) is 8.00. The largest absolute Gasteiger partial charge is 0.152 e. The Balaban J connectivity index is 2.88. The summed E-state index contributed by atoms with van der Waals surface area (Å²) in [6.07, 6.45) is 0. The Morgan fingerprint density at radius 3 is 2.50 bits per heavy atom. The molecule has 0 radical (unpaired) electrons. The van der Waals surface area contributed by atoms with Crippen molar-refractivity contribution in [3.63, 3.8) is 0 Å². The van der Waals surface area contributed by atoms with Gasteiger partial charge >= 0.3 is 0 Å². The van der Waals surface area contributed by atoms with Crippen molar-refractivity contribution in [3.8, 4) is 0 Å². The van der Waals surface area contributed by atoms with Crippen molar-refractivity contribution in [3.05, 3.63) is 34.5 Å². The van der Waals surface area contributed by atoms with Crippen molar-refractivity contribution in [1.29, 1.82) is 0 Å². The van der Waals surface area contributed by atoms with Crippen molar-refractivity contribution in [2.75, 3.05) is 0 Å². The maximum atomic E-state index is 4.04. The van der Waals surface area contributed by atoms with Gasteiger partial charge in [0.2, 0.25) is 0 Å². The molecule has 1 atom stereocenters. The van der Waals surface area contributed by atoms with E-state index < -0.39 is 0 Å². The minimum absolute atomic E-state index is 0.538. The van der Waals surface area contributed by atoms with Gasteiger partial charge in [0.05, 0.1) is 0 Å². The second-order valence-electron chi connectivity index (χ2n) is 3.62. The van der Waals surface area contributed by atoms with Crippen LogP contribution >= 0.6 is 11.3 Å². The molecule has 0 saturated carbocycles. The summed E-state index contributed by atoms with van der Waals surface area (Å²) in [4.78, 5) is 0. The molecule has 0 N–H and O–H groups in total. The highest BCUT2D eigenvalue weighted by atomic mass is 32.1. The summed E-state index contributed by atoms with van der Waals surface area (Å²) in [5, 5.41) is 4.35. The first kappa shape index (κ1) is 9.53. The average Bonchev–Trinajstić information content (AvgIpc) is 2.37. The second kappa shape index (κ2) is 3.90. The van der Waals surface area contributed by atoms with Crippen molar-refractivity contribution >= 4 is 11.3 Å². The highest BCUT2D eigenvalue weighted by Gasteiger charge is 2.16. The molecule has 1 heterocycles. The fourth-order valence-electron chi connectivity index (χ4n) is 1.69. The first-order valence-corrected chi connectivity index (χ1v) is 5.24. The van der Waals surface area contributed by atoms with Crippen LogP contribution < -0.4 is 0 Å². The second-order valence-corrected chi connectivity index (χ2v) is 4.40. The van der Waals surface area contributed by atoms with E-state index in [1.54, 1.807) is 11.3 Å². The predicted molar refractivity (Wildman–Crippen MR) is 56.7 cm³/mol. The van der Waals surface area contributed by atoms with Crippen LogP contribution in [0.15, 0.2) is 29.0 Å². The van der Waals surface area contributed by atoms with Crippen LogP contribution in [0.1, 0.15) is 32.3 Å². The first-order chi connectivity index (χ1) is 5.63. The lowest BCUT2D eigenvalue weighted by Crippen LogP contribution is -2.06. The molecule has 0 aliphatic rings. The summed E-state index contributed by atoms with van der Waals surface area (Å²) in [5.41, 5.74) is 2.69. The molecule has 1 rings (SSSR count). The Hall–Kier alpha value is -0.560. The summed E-state index contributed by atoms with van der Waals surface area (Å²) in [6.45, 7) is 10.6. The number of hydrogen-bond acceptors (Lipinski definition) is 1. The van der Waals surface area contributed by atoms with Crippen molar-refractivity contribution in [2.45, 2.75) is 26.7 Å². The van der Waals surface area contributed by atoms with E-state index in [4.69, 9.17) is 0 Å². The summed E-state index contributed by atoms with van der Waals surface area (Å²) < 4.78 is 0. The molecule has 12 heavy (non-hydrogen) atoms. The smallest absolute Gasteiger partial charge is 0.00739 e. The monoisotopic (exact) mass is 180 g/mol. The van der Waals surface area contributed by atoms with Crippen LogP contribution in [0.4, 0.5) is 0 Å². The zero-order valence-corrected chi connectivity index (χ0v) is 8.82. The normalized spacial score (nSPS) is 13.3. The highest BCUT2D eigenvalue weighted by Crippen LogP contribution is 2.31. The Morgan fingerprint density at radius 2 is 2.17 bits per heavy atom. The van der Waals surface area contributed by atoms with Crippen molar-refractivity contribution in [2.24, 2.45) is 5.92 Å². The van der Waals surface area contributed by atoms with Gasteiger partial charge in [0.15, 0.2) is 0 Å². The third-order valence-electron chi connectivity index (χ3n) is 2.10. The number of rotatable bonds is 3. The molecule has 0 aliphatic heterocycles. The predicted octanol–water partition coefficient (Wildman–Crippen LogP) is 4.06. The number of allylic oxidation sites excluding steroid dienone is 1. The molecule has 0 aliphatic carbocycles. The van der Waals surface area contributed by atoms with E-state index >= 15 is 0 Å². The Morgan fingerprint density at radius 1 is 1.50 bits per heavy atom. The van der Waals surface area contributed by atoms with Gasteiger partial charge < -0.3 is 0 Å². The fraction of sp³-hybridized carbons (Fsp3) is 0.455. The third kappa shape index (κ3) is 1.98. The SMILES string of the molecule is C=C(C)C(c1ccsc1)C(C)C. The van der Waals surface area contributed by atoms with Crippen LogP contribution in [-0.2, 0) is 0 Å². The van der Waals surface area contributed by atoms with E-state index in [1.807, 2.05) is 0 Å². The lowest BCUT2D eigenvalue weighted by atomic mass is 9.85. The average molecular weight is 180 g/mol. The number of hydrogen-bond donors (Lipinski definition) is 0. The van der Waals surface area contributed by atoms with Crippen LogP contribution in [0, 0.1) is 5.92 Å². The van der Waals surface area contributed by atoms with E-state index in [1.165, 1.54) is 11.1 Å². The molecule has 0 nitrogen and oxygen atoms in total. The van der Waals surface area contributed by atoms with E-state index in [0.29, 0.717) is 11.8 Å². The van der Waals surface area contributed by atoms with Gasteiger partial charge in [0, 0.05) is 5.92 Å². The fourth-order valence-corrected chi connectivity index (χ4v) is 2.39. The molecule has 0 fully saturated rings. The molecule has 0 saturated heterocycles. The first-order valence-electron chi connectivity index (χ1n) is 4.30. The Bertz CT molecular complexity index is 244. The lowest BCUT2D eigenvalue weighted by Gasteiger charge is -2.19. The molecule has 1 heteroatoms. The van der Waals surface area contributed by atoms with E-state index in [9.17, 15) is 0 Å². The van der Waals surface area contributed by atoms with Gasteiger partial charge in [-0.15, -0.1) is 0 Å². The quantitative estimate of drug-likeness (QED) is 0.615. The lowest BCUT2D eigenvalue weighted by molar-refractivity contribution is 0.558. The van der Waals surface area contributed by atoms with Crippen LogP contribution in [0.2, 0.25) is 0 Å². The summed E-state index contributed by atoms with van der Waals surface area (Å²) in [5.74, 6) is 1.19. The Kier molecular flexibility index (Phi) is 3.10. The van der Waals surface area contributed by atoms with Crippen molar-refractivity contribution in [1.82, 2.24) is 0 Å². The Labute approximate surface area is 78.9 Å². The molecule has 0 amide bonds. The van der Waals surface area contributed by atoms with Gasteiger partial charge in [-0.25, -0.2) is 0 Å². The maximum absolute atomic E-state index is 4.04. The molecule has 1 unspecified atom stereocenters. The van der Waals surface area contributed by atoms with Gasteiger partial charge in [-0.1, -0.05) is 26.0 Å². The van der Waals surface area contributed by atoms with E-state index in [2.05, 4.69) is 44.2 Å². The molecular formula is C11H16S.